The Bertz CT molecular complexity index is 2460. The van der Waals surface area contributed by atoms with Crippen molar-refractivity contribution in [2.75, 3.05) is 17.2 Å². The van der Waals surface area contributed by atoms with Crippen molar-refractivity contribution in [1.29, 1.82) is 0 Å². The topological polar surface area (TPSA) is 84.5 Å². The molecule has 0 spiro atoms. The summed E-state index contributed by atoms with van der Waals surface area (Å²) in [5.41, 5.74) is 7.06. The molecule has 0 fully saturated rings. The third-order valence-corrected chi connectivity index (χ3v) is 10.9. The normalized spacial score (nSPS) is 14.2. The van der Waals surface area contributed by atoms with E-state index in [1.165, 1.54) is 15.8 Å². The number of anilines is 1. The Morgan fingerprint density at radius 1 is 0.833 bits per heavy atom. The van der Waals surface area contributed by atoms with E-state index >= 15 is 0 Å². The minimum atomic E-state index is -4.10. The van der Waals surface area contributed by atoms with E-state index in [-0.39, 0.29) is 12.2 Å². The molecule has 10 heteroatoms. The van der Waals surface area contributed by atoms with Crippen LogP contribution in [0.2, 0.25) is 0 Å². The second-order valence-corrected chi connectivity index (χ2v) is 14.7. The van der Waals surface area contributed by atoms with Crippen molar-refractivity contribution < 1.29 is 22.0 Å². The van der Waals surface area contributed by atoms with Gasteiger partial charge in [-0.05, 0) is 71.8 Å². The molecule has 242 valence electrons. The van der Waals surface area contributed by atoms with Crippen molar-refractivity contribution in [1.82, 2.24) is 9.13 Å². The fourth-order valence-corrected chi connectivity index (χ4v) is 8.19. The predicted octanol–water partition coefficient (Wildman–Crippen LogP) is 8.60. The number of aromatic nitrogens is 3. The molecule has 0 saturated carbocycles. The molecule has 0 unspecified atom stereocenters. The summed E-state index contributed by atoms with van der Waals surface area (Å²) in [6.45, 7) is 3.41. The third-order valence-electron chi connectivity index (χ3n) is 8.95. The molecule has 0 atom stereocenters. The molecule has 1 aliphatic heterocycles. The molecule has 0 bridgehead atoms. The minimum absolute atomic E-state index is 0.242. The first kappa shape index (κ1) is 30.6. The summed E-state index contributed by atoms with van der Waals surface area (Å²) >= 11 is 1.71. The van der Waals surface area contributed by atoms with E-state index in [9.17, 15) is 13.0 Å². The largest absolute Gasteiger partial charge is 0.398 e. The maximum absolute atomic E-state index is 11.7. The van der Waals surface area contributed by atoms with Gasteiger partial charge in [0.2, 0.25) is 5.58 Å². The van der Waals surface area contributed by atoms with Gasteiger partial charge in [-0.2, -0.15) is 13.0 Å². The van der Waals surface area contributed by atoms with Crippen molar-refractivity contribution in [3.63, 3.8) is 0 Å². The van der Waals surface area contributed by atoms with Crippen molar-refractivity contribution in [3.05, 3.63) is 120 Å². The molecule has 0 saturated heterocycles. The van der Waals surface area contributed by atoms with E-state index in [1.807, 2.05) is 28.8 Å². The molecule has 1 aliphatic rings. The van der Waals surface area contributed by atoms with Gasteiger partial charge in [0.25, 0.3) is 15.6 Å². The second-order valence-electron chi connectivity index (χ2n) is 12.1. The van der Waals surface area contributed by atoms with Crippen molar-refractivity contribution in [2.45, 2.75) is 37.6 Å². The number of hydrogen-bond acceptors (Lipinski definition) is 5. The molecule has 7 aromatic rings. The summed E-state index contributed by atoms with van der Waals surface area (Å²) in [6, 6.07) is 33.6. The number of aryl methyl sites for hydroxylation is 1. The van der Waals surface area contributed by atoms with E-state index in [4.69, 9.17) is 4.42 Å². The average Bonchev–Trinajstić information content (AvgIpc) is 3.86. The lowest BCUT2D eigenvalue weighted by atomic mass is 10.2. The summed E-state index contributed by atoms with van der Waals surface area (Å²) in [6.07, 6.45) is 8.57. The van der Waals surface area contributed by atoms with Crippen LogP contribution in [0.3, 0.4) is 0 Å². The first-order chi connectivity index (χ1) is 23.4. The van der Waals surface area contributed by atoms with E-state index in [1.54, 1.807) is 11.8 Å². The van der Waals surface area contributed by atoms with Crippen LogP contribution in [0.15, 0.2) is 124 Å². The van der Waals surface area contributed by atoms with Crippen LogP contribution < -0.4 is 9.47 Å². The number of rotatable bonds is 10. The summed E-state index contributed by atoms with van der Waals surface area (Å²) in [5, 5.41) is 3.40. The number of fused-ring (bicyclic) bond motifs is 4. The Balaban J connectivity index is 1.21. The minimum Gasteiger partial charge on any atom is -0.398 e. The maximum atomic E-state index is 11.7. The first-order valence-electron chi connectivity index (χ1n) is 16.2. The molecule has 0 aliphatic carbocycles. The van der Waals surface area contributed by atoms with Gasteiger partial charge >= 0.3 is 5.89 Å². The van der Waals surface area contributed by atoms with Gasteiger partial charge in [0, 0.05) is 42.0 Å². The standard InChI is InChI=1S/C38H34N4O4S2/c1-2-3-19-42-34-25-30(40-22-18-28-10-5-7-12-32(28)40)14-16-36(34)47-38(42)26-37-41(20-8-23-48(43,44)45)33-24-29(13-15-35(33)46-37)39-21-17-27-9-4-6-11-31(27)39/h4-7,9-18,21-22,24-26H,2-3,8,19-20,23H2,1H3/p+1. The van der Waals surface area contributed by atoms with Crippen LogP contribution in [0.4, 0.5) is 5.69 Å². The molecule has 0 amide bonds. The monoisotopic (exact) mass is 675 g/mol. The number of thioether (sulfide) groups is 1. The van der Waals surface area contributed by atoms with Crippen LogP contribution >= 0.6 is 11.8 Å². The lowest BCUT2D eigenvalue weighted by Gasteiger charge is -2.20. The lowest BCUT2D eigenvalue weighted by Crippen LogP contribution is -2.36. The molecule has 8 nitrogen and oxygen atoms in total. The van der Waals surface area contributed by atoms with E-state index < -0.39 is 10.1 Å². The molecule has 48 heavy (non-hydrogen) atoms. The van der Waals surface area contributed by atoms with Gasteiger partial charge in [0.15, 0.2) is 6.54 Å². The zero-order valence-corrected chi connectivity index (χ0v) is 28.1. The van der Waals surface area contributed by atoms with Crippen LogP contribution in [0.25, 0.3) is 50.4 Å². The average molecular weight is 676 g/mol. The highest BCUT2D eigenvalue weighted by molar-refractivity contribution is 8.03. The molecule has 8 rings (SSSR count). The smallest absolute Gasteiger partial charge is 0.376 e. The van der Waals surface area contributed by atoms with Gasteiger partial charge in [0.05, 0.1) is 39.3 Å². The zero-order valence-electron chi connectivity index (χ0n) is 26.5. The molecular weight excluding hydrogens is 641 g/mol. The highest BCUT2D eigenvalue weighted by Crippen LogP contribution is 2.48. The second kappa shape index (κ2) is 12.4. The third kappa shape index (κ3) is 5.70. The Hall–Kier alpha value is -4.77. The Kier molecular flexibility index (Phi) is 7.86. The van der Waals surface area contributed by atoms with Gasteiger partial charge in [-0.1, -0.05) is 61.5 Å². The van der Waals surface area contributed by atoms with Gasteiger partial charge in [-0.15, -0.1) is 0 Å². The Morgan fingerprint density at radius 3 is 2.19 bits per heavy atom. The molecule has 4 aromatic carbocycles. The van der Waals surface area contributed by atoms with Gasteiger partial charge < -0.3 is 18.5 Å². The highest BCUT2D eigenvalue weighted by atomic mass is 32.2. The SMILES string of the molecule is CCCCN1/C(=C/c2oc3ccc(-n4ccc5ccccc54)cc3[n+]2CCCS(=O)(=O)O)Sc2ccc(-n3ccc4ccccc43)cc21. The molecule has 1 N–H and O–H groups in total. The molecular formula is C38H35N4O4S2+. The number of hydrogen-bond donors (Lipinski definition) is 1. The number of unbranched alkanes of at least 4 members (excludes halogenated alkanes) is 1. The Morgan fingerprint density at radius 2 is 1.50 bits per heavy atom. The van der Waals surface area contributed by atoms with E-state index in [2.05, 4.69) is 112 Å². The summed E-state index contributed by atoms with van der Waals surface area (Å²) in [7, 11) is -4.10. The van der Waals surface area contributed by atoms with Crippen molar-refractivity contribution >= 4 is 66.5 Å². The summed E-state index contributed by atoms with van der Waals surface area (Å²) in [4.78, 5) is 3.54. The quantitative estimate of drug-likeness (QED) is 0.116. The van der Waals surface area contributed by atoms with E-state index in [0.717, 1.165) is 57.9 Å². The molecule has 3 aromatic heterocycles. The lowest BCUT2D eigenvalue weighted by molar-refractivity contribution is -0.677. The maximum Gasteiger partial charge on any atom is 0.376 e. The van der Waals surface area contributed by atoms with Crippen molar-refractivity contribution in [2.24, 2.45) is 0 Å². The fourth-order valence-electron chi connectivity index (χ4n) is 6.60. The molecule has 4 heterocycles. The molecule has 0 radical (unpaired) electrons. The number of para-hydroxylation sites is 2. The summed E-state index contributed by atoms with van der Waals surface area (Å²) < 4.78 is 45.8. The summed E-state index contributed by atoms with van der Waals surface area (Å²) in [5.74, 6) is 0.299. The van der Waals surface area contributed by atoms with Gasteiger partial charge in [-0.25, -0.2) is 0 Å². The van der Waals surface area contributed by atoms with Crippen LogP contribution in [-0.2, 0) is 16.7 Å². The van der Waals surface area contributed by atoms with E-state index in [0.29, 0.717) is 18.0 Å². The predicted molar refractivity (Wildman–Crippen MR) is 194 cm³/mol. The van der Waals surface area contributed by atoms with Gasteiger partial charge in [-0.3, -0.25) is 4.55 Å². The highest BCUT2D eigenvalue weighted by Gasteiger charge is 2.30. The fraction of sp³-hybridized carbons (Fsp3) is 0.184. The number of oxazole rings is 1. The van der Waals surface area contributed by atoms with Crippen LogP contribution in [0, 0.1) is 0 Å². The van der Waals surface area contributed by atoms with Crippen LogP contribution in [-0.4, -0.2) is 34.4 Å². The zero-order chi connectivity index (χ0) is 32.8. The Labute approximate surface area is 283 Å². The van der Waals surface area contributed by atoms with Crippen molar-refractivity contribution in [3.8, 4) is 11.4 Å². The van der Waals surface area contributed by atoms with Crippen LogP contribution in [0.5, 0.6) is 0 Å². The van der Waals surface area contributed by atoms with Crippen LogP contribution in [0.1, 0.15) is 32.1 Å². The number of benzene rings is 4. The van der Waals surface area contributed by atoms with Gasteiger partial charge in [0.1, 0.15) is 0 Å². The number of nitrogens with zero attached hydrogens (tertiary/aromatic N) is 4. The first-order valence-corrected chi connectivity index (χ1v) is 18.6.